The fourth-order valence-corrected chi connectivity index (χ4v) is 3.33. The van der Waals surface area contributed by atoms with Crippen molar-refractivity contribution in [3.05, 3.63) is 58.5 Å². The van der Waals surface area contributed by atoms with Crippen molar-refractivity contribution in [2.24, 2.45) is 0 Å². The van der Waals surface area contributed by atoms with Crippen LogP contribution in [0.3, 0.4) is 0 Å². The number of nitrogens with one attached hydrogen (secondary N) is 1. The molecular weight excluding hydrogens is 415 g/mol. The monoisotopic (exact) mass is 430 g/mol. The van der Waals surface area contributed by atoms with E-state index in [0.29, 0.717) is 45.9 Å². The summed E-state index contributed by atoms with van der Waals surface area (Å²) in [5.41, 5.74) is 2.08. The molecule has 0 fully saturated rings. The van der Waals surface area contributed by atoms with Crippen molar-refractivity contribution in [3.8, 4) is 22.8 Å². The average Bonchev–Trinajstić information content (AvgIpc) is 3.20. The summed E-state index contributed by atoms with van der Waals surface area (Å²) in [7, 11) is 3.13. The minimum absolute atomic E-state index is 0.113. The lowest BCUT2D eigenvalue weighted by molar-refractivity contribution is 0.356. The van der Waals surface area contributed by atoms with E-state index in [2.05, 4.69) is 20.4 Å². The molecule has 0 atom stereocenters. The van der Waals surface area contributed by atoms with Gasteiger partial charge in [0.1, 0.15) is 11.5 Å². The van der Waals surface area contributed by atoms with Crippen LogP contribution in [-0.2, 0) is 6.54 Å². The van der Waals surface area contributed by atoms with Crippen LogP contribution < -0.4 is 14.8 Å². The zero-order valence-electron chi connectivity index (χ0n) is 15.6. The third-order valence-electron chi connectivity index (χ3n) is 4.31. The van der Waals surface area contributed by atoms with Gasteiger partial charge in [0.05, 0.1) is 31.3 Å². The van der Waals surface area contributed by atoms with Gasteiger partial charge in [0.2, 0.25) is 5.28 Å². The van der Waals surface area contributed by atoms with Gasteiger partial charge in [-0.05, 0) is 23.7 Å². The number of hydrogen-bond acceptors (Lipinski definition) is 7. The van der Waals surface area contributed by atoms with E-state index >= 15 is 0 Å². The lowest BCUT2D eigenvalue weighted by atomic mass is 10.1. The second kappa shape index (κ2) is 8.14. The molecule has 0 radical (unpaired) electrons. The third kappa shape index (κ3) is 3.92. The molecule has 148 valence electrons. The van der Waals surface area contributed by atoms with E-state index in [1.54, 1.807) is 32.4 Å². The summed E-state index contributed by atoms with van der Waals surface area (Å²) in [6.45, 7) is 0.342. The Bertz CT molecular complexity index is 1180. The Morgan fingerprint density at radius 2 is 1.76 bits per heavy atom. The third-order valence-corrected chi connectivity index (χ3v) is 4.81. The molecule has 2 aromatic carbocycles. The molecule has 4 rings (SSSR count). The number of benzene rings is 2. The molecule has 0 bridgehead atoms. The van der Waals surface area contributed by atoms with Crippen LogP contribution in [0.1, 0.15) is 5.76 Å². The minimum atomic E-state index is 0.113. The fourth-order valence-electron chi connectivity index (χ4n) is 2.93. The highest BCUT2D eigenvalue weighted by molar-refractivity contribution is 6.33. The van der Waals surface area contributed by atoms with Gasteiger partial charge < -0.3 is 19.3 Å². The molecule has 9 heteroatoms. The van der Waals surface area contributed by atoms with Crippen LogP contribution in [0.15, 0.2) is 47.0 Å². The van der Waals surface area contributed by atoms with E-state index in [9.17, 15) is 0 Å². The first-order chi connectivity index (χ1) is 14.1. The van der Waals surface area contributed by atoms with Gasteiger partial charge in [0, 0.05) is 23.1 Å². The van der Waals surface area contributed by atoms with E-state index in [0.717, 1.165) is 10.9 Å². The Morgan fingerprint density at radius 3 is 2.52 bits per heavy atom. The number of methoxy groups -OCH3 is 2. The van der Waals surface area contributed by atoms with Gasteiger partial charge in [-0.3, -0.25) is 0 Å². The topological polar surface area (TPSA) is 82.3 Å². The Labute approximate surface area is 176 Å². The number of rotatable bonds is 6. The van der Waals surface area contributed by atoms with E-state index in [4.69, 9.17) is 37.2 Å². The quantitative estimate of drug-likeness (QED) is 0.419. The van der Waals surface area contributed by atoms with Crippen LogP contribution in [0.4, 0.5) is 5.82 Å². The van der Waals surface area contributed by atoms with Crippen LogP contribution in [0, 0.1) is 0 Å². The number of ether oxygens (including phenoxy) is 2. The van der Waals surface area contributed by atoms with Gasteiger partial charge in [-0.25, -0.2) is 9.97 Å². The van der Waals surface area contributed by atoms with Gasteiger partial charge in [0.15, 0.2) is 17.3 Å². The average molecular weight is 431 g/mol. The van der Waals surface area contributed by atoms with E-state index in [1.165, 1.54) is 0 Å². The standard InChI is InChI=1S/C20H16Cl2N4O3/c1-27-17-8-13-15(9-18(17)28-2)24-20(22)25-19(13)23-10-11-7-16(26-29-11)12-5-3-4-6-14(12)21/h3-9H,10H2,1-2H3,(H,23,24,25). The number of fused-ring (bicyclic) bond motifs is 1. The Kier molecular flexibility index (Phi) is 5.42. The fraction of sp³-hybridized carbons (Fsp3) is 0.150. The summed E-state index contributed by atoms with van der Waals surface area (Å²) in [5, 5.41) is 8.76. The summed E-state index contributed by atoms with van der Waals surface area (Å²) in [5.74, 6) is 2.27. The van der Waals surface area contributed by atoms with Crippen molar-refractivity contribution in [1.29, 1.82) is 0 Å². The van der Waals surface area contributed by atoms with Gasteiger partial charge in [0.25, 0.3) is 0 Å². The number of aromatic nitrogens is 3. The summed E-state index contributed by atoms with van der Waals surface area (Å²) < 4.78 is 16.1. The molecule has 0 amide bonds. The van der Waals surface area contributed by atoms with Gasteiger partial charge in [-0.2, -0.15) is 0 Å². The van der Waals surface area contributed by atoms with Crippen molar-refractivity contribution in [3.63, 3.8) is 0 Å². The molecule has 0 spiro atoms. The molecule has 1 N–H and O–H groups in total. The highest BCUT2D eigenvalue weighted by atomic mass is 35.5. The number of anilines is 1. The molecule has 0 unspecified atom stereocenters. The van der Waals surface area contributed by atoms with Gasteiger partial charge in [-0.15, -0.1) is 0 Å². The van der Waals surface area contributed by atoms with Crippen molar-refractivity contribution in [2.75, 3.05) is 19.5 Å². The van der Waals surface area contributed by atoms with E-state index in [1.807, 2.05) is 24.3 Å². The normalized spacial score (nSPS) is 10.9. The van der Waals surface area contributed by atoms with Gasteiger partial charge in [-0.1, -0.05) is 35.0 Å². The molecule has 7 nitrogen and oxygen atoms in total. The SMILES string of the molecule is COc1cc2nc(Cl)nc(NCc3cc(-c4ccccc4Cl)no3)c2cc1OC. The predicted octanol–water partition coefficient (Wildman–Crippen LogP) is 5.22. The summed E-state index contributed by atoms with van der Waals surface area (Å²) >= 11 is 12.3. The van der Waals surface area contributed by atoms with Crippen molar-refractivity contribution >= 4 is 39.9 Å². The first-order valence-corrected chi connectivity index (χ1v) is 9.38. The smallest absolute Gasteiger partial charge is 0.224 e. The number of nitrogens with zero attached hydrogens (tertiary/aromatic N) is 3. The predicted molar refractivity (Wildman–Crippen MR) is 112 cm³/mol. The van der Waals surface area contributed by atoms with E-state index < -0.39 is 0 Å². The van der Waals surface area contributed by atoms with Crippen LogP contribution in [0.2, 0.25) is 10.3 Å². The van der Waals surface area contributed by atoms with Crippen LogP contribution in [-0.4, -0.2) is 29.3 Å². The molecule has 2 aromatic heterocycles. The molecule has 2 heterocycles. The first-order valence-electron chi connectivity index (χ1n) is 8.62. The van der Waals surface area contributed by atoms with Crippen molar-refractivity contribution < 1.29 is 14.0 Å². The maximum absolute atomic E-state index is 6.23. The highest BCUT2D eigenvalue weighted by Gasteiger charge is 2.14. The summed E-state index contributed by atoms with van der Waals surface area (Å²) in [6, 6.07) is 12.8. The Balaban J connectivity index is 1.62. The second-order valence-corrected chi connectivity index (χ2v) is 6.82. The molecule has 4 aromatic rings. The Hall–Kier alpha value is -3.03. The number of halogens is 2. The lowest BCUT2D eigenvalue weighted by Crippen LogP contribution is -2.03. The zero-order chi connectivity index (χ0) is 20.4. The maximum atomic E-state index is 6.23. The van der Waals surface area contributed by atoms with E-state index in [-0.39, 0.29) is 5.28 Å². The van der Waals surface area contributed by atoms with Crippen LogP contribution in [0.25, 0.3) is 22.2 Å². The van der Waals surface area contributed by atoms with Crippen molar-refractivity contribution in [1.82, 2.24) is 15.1 Å². The molecule has 0 saturated heterocycles. The number of hydrogen-bond donors (Lipinski definition) is 1. The zero-order valence-corrected chi connectivity index (χ0v) is 17.1. The highest BCUT2D eigenvalue weighted by Crippen LogP contribution is 2.35. The molecule has 29 heavy (non-hydrogen) atoms. The molecule has 0 aliphatic rings. The van der Waals surface area contributed by atoms with Crippen LogP contribution in [0.5, 0.6) is 11.5 Å². The van der Waals surface area contributed by atoms with Crippen LogP contribution >= 0.6 is 23.2 Å². The summed E-state index contributed by atoms with van der Waals surface area (Å²) in [6.07, 6.45) is 0. The molecule has 0 saturated carbocycles. The molecule has 0 aliphatic heterocycles. The summed E-state index contributed by atoms with van der Waals surface area (Å²) in [4.78, 5) is 8.55. The minimum Gasteiger partial charge on any atom is -0.493 e. The van der Waals surface area contributed by atoms with Gasteiger partial charge >= 0.3 is 0 Å². The second-order valence-electron chi connectivity index (χ2n) is 6.08. The lowest BCUT2D eigenvalue weighted by Gasteiger charge is -2.12. The molecular formula is C20H16Cl2N4O3. The molecule has 0 aliphatic carbocycles. The first kappa shape index (κ1) is 19.3. The Morgan fingerprint density at radius 1 is 1.00 bits per heavy atom. The van der Waals surface area contributed by atoms with Crippen molar-refractivity contribution in [2.45, 2.75) is 6.54 Å². The largest absolute Gasteiger partial charge is 0.493 e. The maximum Gasteiger partial charge on any atom is 0.224 e.